The van der Waals surface area contributed by atoms with E-state index in [-0.39, 0.29) is 11.9 Å². The number of rotatable bonds is 4. The standard InChI is InChI=1S/C27H29N3O2/c1-18-12-20(9-10-25(18)29-16-19(2)28-17-29)13-22-7-5-11-30(27(22)31)23-14-21-6-4-8-26(32-3)24(21)15-23/h4,6,8-10,12-13,16-17,23H,5,7,11,14-15H2,1-3H3/b22-13+/t23-/m1/s1. The second-order valence-corrected chi connectivity index (χ2v) is 8.90. The summed E-state index contributed by atoms with van der Waals surface area (Å²) in [5.74, 6) is 1.12. The summed E-state index contributed by atoms with van der Waals surface area (Å²) in [5.41, 5.74) is 7.81. The van der Waals surface area contributed by atoms with E-state index in [9.17, 15) is 4.79 Å². The van der Waals surface area contributed by atoms with Gasteiger partial charge in [-0.1, -0.05) is 18.2 Å². The maximum absolute atomic E-state index is 13.4. The van der Waals surface area contributed by atoms with Crippen LogP contribution >= 0.6 is 0 Å². The Morgan fingerprint density at radius 1 is 1.16 bits per heavy atom. The van der Waals surface area contributed by atoms with E-state index in [0.29, 0.717) is 0 Å². The SMILES string of the molecule is COc1cccc2c1C[C@H](N1CCC/C(=C\c3ccc(-n4cnc(C)c4)c(C)c3)C1=O)C2. The van der Waals surface area contributed by atoms with Crippen LogP contribution in [0.25, 0.3) is 11.8 Å². The Hall–Kier alpha value is -3.34. The molecular weight excluding hydrogens is 398 g/mol. The summed E-state index contributed by atoms with van der Waals surface area (Å²) in [6, 6.07) is 12.8. The van der Waals surface area contributed by atoms with Crippen LogP contribution < -0.4 is 4.74 Å². The van der Waals surface area contributed by atoms with Crippen LogP contribution in [0, 0.1) is 13.8 Å². The summed E-state index contributed by atoms with van der Waals surface area (Å²) in [6.45, 7) is 4.92. The van der Waals surface area contributed by atoms with Crippen molar-refractivity contribution in [2.24, 2.45) is 0 Å². The number of aryl methyl sites for hydroxylation is 2. The van der Waals surface area contributed by atoms with Crippen LogP contribution in [-0.2, 0) is 17.6 Å². The predicted octanol–water partition coefficient (Wildman–Crippen LogP) is 4.67. The quantitative estimate of drug-likeness (QED) is 0.569. The average Bonchev–Trinajstić information content (AvgIpc) is 3.41. The summed E-state index contributed by atoms with van der Waals surface area (Å²) < 4.78 is 7.60. The number of methoxy groups -OCH3 is 1. The molecule has 2 heterocycles. The minimum atomic E-state index is 0.181. The number of benzene rings is 2. The molecule has 1 atom stereocenters. The zero-order chi connectivity index (χ0) is 22.2. The lowest BCUT2D eigenvalue weighted by molar-refractivity contribution is -0.130. The van der Waals surface area contributed by atoms with Gasteiger partial charge in [-0.05, 0) is 86.1 Å². The first-order chi connectivity index (χ1) is 15.5. The van der Waals surface area contributed by atoms with E-state index in [1.54, 1.807) is 7.11 Å². The number of carbonyl (C=O) groups is 1. The summed E-state index contributed by atoms with van der Waals surface area (Å²) in [7, 11) is 1.72. The lowest BCUT2D eigenvalue weighted by Gasteiger charge is -2.33. The molecule has 5 nitrogen and oxygen atoms in total. The van der Waals surface area contributed by atoms with Gasteiger partial charge >= 0.3 is 0 Å². The van der Waals surface area contributed by atoms with Crippen LogP contribution in [-0.4, -0.2) is 40.1 Å². The highest BCUT2D eigenvalue weighted by Gasteiger charge is 2.34. The van der Waals surface area contributed by atoms with Gasteiger partial charge in [0.15, 0.2) is 0 Å². The number of carbonyl (C=O) groups excluding carboxylic acids is 1. The predicted molar refractivity (Wildman–Crippen MR) is 126 cm³/mol. The topological polar surface area (TPSA) is 47.4 Å². The number of hydrogen-bond acceptors (Lipinski definition) is 3. The van der Waals surface area contributed by atoms with Crippen molar-refractivity contribution in [2.45, 2.75) is 45.6 Å². The fourth-order valence-corrected chi connectivity index (χ4v) is 5.13. The second-order valence-electron chi connectivity index (χ2n) is 8.90. The molecule has 1 amide bonds. The molecule has 1 fully saturated rings. The van der Waals surface area contributed by atoms with Crippen molar-refractivity contribution in [3.63, 3.8) is 0 Å². The van der Waals surface area contributed by atoms with Crippen LogP contribution in [0.3, 0.4) is 0 Å². The molecule has 1 aromatic heterocycles. The van der Waals surface area contributed by atoms with Crippen molar-refractivity contribution >= 4 is 12.0 Å². The van der Waals surface area contributed by atoms with Crippen molar-refractivity contribution < 1.29 is 9.53 Å². The third-order valence-corrected chi connectivity index (χ3v) is 6.72. The molecule has 0 spiro atoms. The van der Waals surface area contributed by atoms with Gasteiger partial charge in [0.1, 0.15) is 5.75 Å². The van der Waals surface area contributed by atoms with Crippen molar-refractivity contribution in [3.05, 3.63) is 82.4 Å². The Labute approximate surface area is 189 Å². The zero-order valence-electron chi connectivity index (χ0n) is 19.0. The number of ether oxygens (including phenoxy) is 1. The van der Waals surface area contributed by atoms with Crippen LogP contribution in [0.5, 0.6) is 5.75 Å². The van der Waals surface area contributed by atoms with Gasteiger partial charge < -0.3 is 14.2 Å². The van der Waals surface area contributed by atoms with Crippen LogP contribution in [0.4, 0.5) is 0 Å². The first-order valence-corrected chi connectivity index (χ1v) is 11.3. The molecule has 2 aliphatic rings. The number of nitrogens with zero attached hydrogens (tertiary/aromatic N) is 3. The van der Waals surface area contributed by atoms with E-state index in [2.05, 4.69) is 47.1 Å². The molecule has 1 aliphatic carbocycles. The van der Waals surface area contributed by atoms with Crippen LogP contribution in [0.1, 0.15) is 40.8 Å². The number of piperidine rings is 1. The highest BCUT2D eigenvalue weighted by Crippen LogP contribution is 2.34. The summed E-state index contributed by atoms with van der Waals surface area (Å²) in [5, 5.41) is 0. The molecule has 0 saturated carbocycles. The highest BCUT2D eigenvalue weighted by atomic mass is 16.5. The number of aromatic nitrogens is 2. The smallest absolute Gasteiger partial charge is 0.250 e. The van der Waals surface area contributed by atoms with Gasteiger partial charge in [0.2, 0.25) is 5.91 Å². The summed E-state index contributed by atoms with van der Waals surface area (Å²) in [4.78, 5) is 19.8. The third kappa shape index (κ3) is 3.72. The first kappa shape index (κ1) is 20.6. The molecule has 0 unspecified atom stereocenters. The van der Waals surface area contributed by atoms with E-state index in [4.69, 9.17) is 4.74 Å². The molecule has 2 aromatic carbocycles. The minimum Gasteiger partial charge on any atom is -0.496 e. The van der Waals surface area contributed by atoms with Gasteiger partial charge in [-0.3, -0.25) is 4.79 Å². The Kier molecular flexibility index (Phi) is 5.33. The van der Waals surface area contributed by atoms with Gasteiger partial charge in [0.05, 0.1) is 19.1 Å². The monoisotopic (exact) mass is 427 g/mol. The fourth-order valence-electron chi connectivity index (χ4n) is 5.13. The maximum Gasteiger partial charge on any atom is 0.250 e. The normalized spacial score (nSPS) is 19.5. The molecule has 1 aliphatic heterocycles. The van der Waals surface area contributed by atoms with E-state index in [1.165, 1.54) is 11.1 Å². The molecule has 0 bridgehead atoms. The summed E-state index contributed by atoms with van der Waals surface area (Å²) in [6.07, 6.45) is 9.56. The number of likely N-dealkylation sites (tertiary alicyclic amines) is 1. The van der Waals surface area contributed by atoms with Crippen molar-refractivity contribution in [3.8, 4) is 11.4 Å². The summed E-state index contributed by atoms with van der Waals surface area (Å²) >= 11 is 0. The van der Waals surface area contributed by atoms with Crippen molar-refractivity contribution in [2.75, 3.05) is 13.7 Å². The second kappa shape index (κ2) is 8.30. The maximum atomic E-state index is 13.4. The van der Waals surface area contributed by atoms with Gasteiger partial charge in [-0.25, -0.2) is 4.98 Å². The highest BCUT2D eigenvalue weighted by molar-refractivity contribution is 5.98. The molecular formula is C27H29N3O2. The van der Waals surface area contributed by atoms with Crippen molar-refractivity contribution in [1.29, 1.82) is 0 Å². The molecule has 32 heavy (non-hydrogen) atoms. The molecule has 0 N–H and O–H groups in total. The first-order valence-electron chi connectivity index (χ1n) is 11.3. The van der Waals surface area contributed by atoms with Gasteiger partial charge in [0.25, 0.3) is 0 Å². The number of hydrogen-bond donors (Lipinski definition) is 0. The average molecular weight is 428 g/mol. The van der Waals surface area contributed by atoms with Crippen LogP contribution in [0.15, 0.2) is 54.5 Å². The molecule has 3 aromatic rings. The van der Waals surface area contributed by atoms with Crippen molar-refractivity contribution in [1.82, 2.24) is 14.5 Å². The van der Waals surface area contributed by atoms with Crippen LogP contribution in [0.2, 0.25) is 0 Å². The Morgan fingerprint density at radius 2 is 2.03 bits per heavy atom. The number of fused-ring (bicyclic) bond motifs is 1. The van der Waals surface area contributed by atoms with Gasteiger partial charge in [-0.15, -0.1) is 0 Å². The largest absolute Gasteiger partial charge is 0.496 e. The Balaban J connectivity index is 1.36. The number of imidazole rings is 1. The third-order valence-electron chi connectivity index (χ3n) is 6.72. The number of amides is 1. The lowest BCUT2D eigenvalue weighted by atomic mass is 9.97. The fraction of sp³-hybridized carbons (Fsp3) is 0.333. The van der Waals surface area contributed by atoms with E-state index >= 15 is 0 Å². The molecule has 1 saturated heterocycles. The molecule has 164 valence electrons. The van der Waals surface area contributed by atoms with Gasteiger partial charge in [-0.2, -0.15) is 0 Å². The van der Waals surface area contributed by atoms with E-state index < -0.39 is 0 Å². The van der Waals surface area contributed by atoms with E-state index in [0.717, 1.165) is 66.1 Å². The van der Waals surface area contributed by atoms with E-state index in [1.807, 2.05) is 36.1 Å². The van der Waals surface area contributed by atoms with Gasteiger partial charge in [0, 0.05) is 30.0 Å². The molecule has 5 heteroatoms. The minimum absolute atomic E-state index is 0.181. The lowest BCUT2D eigenvalue weighted by Crippen LogP contribution is -2.44. The molecule has 0 radical (unpaired) electrons. The molecule has 5 rings (SSSR count). The Bertz CT molecular complexity index is 1210. The zero-order valence-corrected chi connectivity index (χ0v) is 19.0. The Morgan fingerprint density at radius 3 is 2.78 bits per heavy atom.